The number of hydrogen-bond acceptors (Lipinski definition) is 1. The van der Waals surface area contributed by atoms with E-state index in [1.165, 1.54) is 42.6 Å². The van der Waals surface area contributed by atoms with E-state index in [2.05, 4.69) is 18.0 Å². The van der Waals surface area contributed by atoms with Gasteiger partial charge in [-0.1, -0.05) is 12.8 Å². The summed E-state index contributed by atoms with van der Waals surface area (Å²) in [6, 6.07) is 2.26. The van der Waals surface area contributed by atoms with Crippen molar-refractivity contribution in [2.45, 2.75) is 45.1 Å². The molecule has 1 aromatic heterocycles. The molecule has 13 heavy (non-hydrogen) atoms. The van der Waals surface area contributed by atoms with Gasteiger partial charge in [0.15, 0.2) is 0 Å². The zero-order valence-electron chi connectivity index (χ0n) is 8.27. The standard InChI is InChI=1S/C11H18N2/c1-8-10(7-12)6-11(13-8)9-4-2-3-5-9/h6,9,13H,2-5,7,12H2,1H3. The second-order valence-corrected chi connectivity index (χ2v) is 4.06. The van der Waals surface area contributed by atoms with Gasteiger partial charge in [-0.05, 0) is 37.3 Å². The molecule has 0 radical (unpaired) electrons. The van der Waals surface area contributed by atoms with Crippen molar-refractivity contribution in [1.29, 1.82) is 0 Å². The Kier molecular flexibility index (Phi) is 2.40. The highest BCUT2D eigenvalue weighted by Gasteiger charge is 2.19. The molecule has 1 heterocycles. The summed E-state index contributed by atoms with van der Waals surface area (Å²) in [5.41, 5.74) is 9.59. The topological polar surface area (TPSA) is 41.8 Å². The molecule has 0 amide bonds. The largest absolute Gasteiger partial charge is 0.362 e. The molecule has 3 N–H and O–H groups in total. The molecular weight excluding hydrogens is 160 g/mol. The number of hydrogen-bond donors (Lipinski definition) is 2. The molecule has 0 unspecified atom stereocenters. The van der Waals surface area contributed by atoms with Gasteiger partial charge in [-0.2, -0.15) is 0 Å². The van der Waals surface area contributed by atoms with Gasteiger partial charge in [0, 0.05) is 17.9 Å². The molecule has 0 spiro atoms. The number of aryl methyl sites for hydroxylation is 1. The zero-order valence-corrected chi connectivity index (χ0v) is 8.27. The number of nitrogens with two attached hydrogens (primary N) is 1. The molecule has 0 atom stereocenters. The summed E-state index contributed by atoms with van der Waals surface area (Å²) in [5, 5.41) is 0. The molecule has 0 aliphatic heterocycles. The number of rotatable bonds is 2. The second-order valence-electron chi connectivity index (χ2n) is 4.06. The maximum Gasteiger partial charge on any atom is 0.0196 e. The highest BCUT2D eigenvalue weighted by molar-refractivity contribution is 5.27. The Morgan fingerprint density at radius 3 is 2.69 bits per heavy atom. The first-order valence-electron chi connectivity index (χ1n) is 5.19. The van der Waals surface area contributed by atoms with Crippen LogP contribution < -0.4 is 5.73 Å². The van der Waals surface area contributed by atoms with Crippen LogP contribution in [0.4, 0.5) is 0 Å². The van der Waals surface area contributed by atoms with Gasteiger partial charge >= 0.3 is 0 Å². The first-order valence-corrected chi connectivity index (χ1v) is 5.19. The van der Waals surface area contributed by atoms with Crippen LogP contribution in [0, 0.1) is 6.92 Å². The van der Waals surface area contributed by atoms with Crippen molar-refractivity contribution < 1.29 is 0 Å². The third-order valence-electron chi connectivity index (χ3n) is 3.16. The van der Waals surface area contributed by atoms with Gasteiger partial charge in [0.1, 0.15) is 0 Å². The average molecular weight is 178 g/mol. The molecule has 1 aliphatic rings. The van der Waals surface area contributed by atoms with Crippen molar-refractivity contribution in [1.82, 2.24) is 4.98 Å². The first-order chi connectivity index (χ1) is 6.31. The number of nitrogens with one attached hydrogen (secondary N) is 1. The van der Waals surface area contributed by atoms with E-state index in [0.29, 0.717) is 6.54 Å². The zero-order chi connectivity index (χ0) is 9.26. The lowest BCUT2D eigenvalue weighted by atomic mass is 10.0. The monoisotopic (exact) mass is 178 g/mol. The molecule has 0 saturated heterocycles. The lowest BCUT2D eigenvalue weighted by Crippen LogP contribution is -1.95. The van der Waals surface area contributed by atoms with Crippen molar-refractivity contribution in [3.8, 4) is 0 Å². The number of aromatic amines is 1. The normalized spacial score (nSPS) is 18.3. The lowest BCUT2D eigenvalue weighted by molar-refractivity contribution is 0.701. The van der Waals surface area contributed by atoms with Crippen molar-refractivity contribution in [2.24, 2.45) is 5.73 Å². The Morgan fingerprint density at radius 1 is 1.46 bits per heavy atom. The van der Waals surface area contributed by atoms with Gasteiger partial charge in [0.2, 0.25) is 0 Å². The van der Waals surface area contributed by atoms with Gasteiger partial charge in [0.05, 0.1) is 0 Å². The van der Waals surface area contributed by atoms with E-state index in [1.54, 1.807) is 0 Å². The van der Waals surface area contributed by atoms with E-state index in [4.69, 9.17) is 5.73 Å². The third-order valence-corrected chi connectivity index (χ3v) is 3.16. The van der Waals surface area contributed by atoms with Gasteiger partial charge in [-0.15, -0.1) is 0 Å². The third kappa shape index (κ3) is 1.63. The minimum atomic E-state index is 0.662. The SMILES string of the molecule is Cc1[nH]c(C2CCCC2)cc1CN. The maximum absolute atomic E-state index is 5.64. The summed E-state index contributed by atoms with van der Waals surface area (Å²) in [6.07, 6.45) is 5.48. The van der Waals surface area contributed by atoms with Crippen molar-refractivity contribution in [2.75, 3.05) is 0 Å². The molecule has 2 rings (SSSR count). The van der Waals surface area contributed by atoms with Crippen LogP contribution in [-0.4, -0.2) is 4.98 Å². The summed E-state index contributed by atoms with van der Waals surface area (Å²) >= 11 is 0. The van der Waals surface area contributed by atoms with E-state index in [-0.39, 0.29) is 0 Å². The van der Waals surface area contributed by atoms with Crippen molar-refractivity contribution >= 4 is 0 Å². The predicted octanol–water partition coefficient (Wildman–Crippen LogP) is 2.44. The van der Waals surface area contributed by atoms with Gasteiger partial charge in [0.25, 0.3) is 0 Å². The molecule has 2 heteroatoms. The molecule has 0 bridgehead atoms. The molecule has 72 valence electrons. The van der Waals surface area contributed by atoms with Crippen molar-refractivity contribution in [3.05, 3.63) is 23.0 Å². The van der Waals surface area contributed by atoms with E-state index in [9.17, 15) is 0 Å². The second kappa shape index (κ2) is 3.54. The average Bonchev–Trinajstić information content (AvgIpc) is 2.71. The molecular formula is C11H18N2. The number of aromatic nitrogens is 1. The fourth-order valence-corrected chi connectivity index (χ4v) is 2.30. The highest BCUT2D eigenvalue weighted by atomic mass is 14.7. The van der Waals surface area contributed by atoms with E-state index >= 15 is 0 Å². The highest BCUT2D eigenvalue weighted by Crippen LogP contribution is 2.34. The van der Waals surface area contributed by atoms with Crippen molar-refractivity contribution in [3.63, 3.8) is 0 Å². The van der Waals surface area contributed by atoms with Crippen LogP contribution in [0.5, 0.6) is 0 Å². The van der Waals surface area contributed by atoms with Gasteiger partial charge < -0.3 is 10.7 Å². The molecule has 1 saturated carbocycles. The van der Waals surface area contributed by atoms with Gasteiger partial charge in [-0.3, -0.25) is 0 Å². The Morgan fingerprint density at radius 2 is 2.15 bits per heavy atom. The summed E-state index contributed by atoms with van der Waals surface area (Å²) in [7, 11) is 0. The van der Waals surface area contributed by atoms with E-state index in [0.717, 1.165) is 5.92 Å². The van der Waals surface area contributed by atoms with Crippen LogP contribution in [0.1, 0.15) is 48.6 Å². The predicted molar refractivity (Wildman–Crippen MR) is 54.6 cm³/mol. The fraction of sp³-hybridized carbons (Fsp3) is 0.636. The molecule has 1 aromatic rings. The molecule has 1 fully saturated rings. The van der Waals surface area contributed by atoms with Gasteiger partial charge in [-0.25, -0.2) is 0 Å². The Labute approximate surface area is 79.5 Å². The van der Waals surface area contributed by atoms with Crippen LogP contribution in [0.15, 0.2) is 6.07 Å². The Hall–Kier alpha value is -0.760. The van der Waals surface area contributed by atoms with Crippen LogP contribution >= 0.6 is 0 Å². The van der Waals surface area contributed by atoms with E-state index in [1.807, 2.05) is 0 Å². The summed E-state index contributed by atoms with van der Waals surface area (Å²) in [4.78, 5) is 3.46. The van der Waals surface area contributed by atoms with Crippen LogP contribution in [-0.2, 0) is 6.54 Å². The van der Waals surface area contributed by atoms with Crippen LogP contribution in [0.25, 0.3) is 0 Å². The number of H-pyrrole nitrogens is 1. The molecule has 0 aromatic carbocycles. The minimum absolute atomic E-state index is 0.662. The maximum atomic E-state index is 5.64. The Balaban J connectivity index is 2.20. The smallest absolute Gasteiger partial charge is 0.0196 e. The minimum Gasteiger partial charge on any atom is -0.362 e. The van der Waals surface area contributed by atoms with E-state index < -0.39 is 0 Å². The fourth-order valence-electron chi connectivity index (χ4n) is 2.30. The molecule has 2 nitrogen and oxygen atoms in total. The summed E-state index contributed by atoms with van der Waals surface area (Å²) in [6.45, 7) is 2.77. The quantitative estimate of drug-likeness (QED) is 0.717. The summed E-state index contributed by atoms with van der Waals surface area (Å²) < 4.78 is 0. The van der Waals surface area contributed by atoms with Crippen LogP contribution in [0.3, 0.4) is 0 Å². The lowest BCUT2D eigenvalue weighted by Gasteiger charge is -2.04. The Bertz CT molecular complexity index is 282. The molecule has 1 aliphatic carbocycles. The first kappa shape index (κ1) is 8.82. The van der Waals surface area contributed by atoms with Crippen LogP contribution in [0.2, 0.25) is 0 Å². The summed E-state index contributed by atoms with van der Waals surface area (Å²) in [5.74, 6) is 0.777.